The van der Waals surface area contributed by atoms with Crippen LogP contribution in [0.5, 0.6) is 0 Å². The van der Waals surface area contributed by atoms with E-state index in [9.17, 15) is 4.79 Å². The van der Waals surface area contributed by atoms with E-state index in [1.54, 1.807) is 0 Å². The second kappa shape index (κ2) is 7.32. The normalized spacial score (nSPS) is 17.8. The van der Waals surface area contributed by atoms with Crippen molar-refractivity contribution in [3.05, 3.63) is 82.3 Å². The Morgan fingerprint density at radius 3 is 2.62 bits per heavy atom. The minimum atomic E-state index is -0.110. The van der Waals surface area contributed by atoms with E-state index in [-0.39, 0.29) is 5.91 Å². The van der Waals surface area contributed by atoms with Crippen molar-refractivity contribution in [2.45, 2.75) is 13.8 Å². The average Bonchev–Trinajstić information content (AvgIpc) is 2.91. The van der Waals surface area contributed by atoms with Crippen molar-refractivity contribution in [1.82, 2.24) is 5.32 Å². The predicted octanol–water partition coefficient (Wildman–Crippen LogP) is 4.75. The molecule has 2 aromatic carbocycles. The lowest BCUT2D eigenvalue weighted by atomic mass is 10.1. The molecule has 1 aliphatic heterocycles. The molecule has 0 unspecified atom stereocenters. The van der Waals surface area contributed by atoms with Crippen LogP contribution in [0.25, 0.3) is 6.08 Å². The van der Waals surface area contributed by atoms with Gasteiger partial charge in [0.15, 0.2) is 5.17 Å². The fraction of sp³-hybridized carbons (Fsp3) is 0.100. The maximum atomic E-state index is 12.0. The molecule has 0 aromatic heterocycles. The molecule has 0 saturated carbocycles. The third kappa shape index (κ3) is 4.03. The molecule has 0 radical (unpaired) electrons. The van der Waals surface area contributed by atoms with Gasteiger partial charge in [0, 0.05) is 0 Å². The predicted molar refractivity (Wildman–Crippen MR) is 102 cm³/mol. The Labute approximate surface area is 146 Å². The lowest BCUT2D eigenvalue weighted by molar-refractivity contribution is -0.115. The molecule has 1 heterocycles. The number of amidine groups is 1. The van der Waals surface area contributed by atoms with Crippen molar-refractivity contribution in [3.63, 3.8) is 0 Å². The molecule has 3 nitrogen and oxygen atoms in total. The second-order valence-electron chi connectivity index (χ2n) is 5.56. The lowest BCUT2D eigenvalue weighted by Gasteiger charge is -2.02. The van der Waals surface area contributed by atoms with Crippen molar-refractivity contribution in [3.8, 4) is 0 Å². The number of aryl methyl sites for hydroxylation is 2. The van der Waals surface area contributed by atoms with Crippen molar-refractivity contribution in [1.29, 1.82) is 0 Å². The fourth-order valence-electron chi connectivity index (χ4n) is 2.35. The standard InChI is InChI=1S/C20H18N2OS/c1-14-11-12-17(15(2)13-14)21-20-22-19(23)18(24-20)10-6-9-16-7-4-3-5-8-16/h3-13H,1-2H3,(H,21,22,23)/b9-6+,18-10-. The van der Waals surface area contributed by atoms with Crippen LogP contribution in [0.4, 0.5) is 5.69 Å². The SMILES string of the molecule is Cc1ccc(N=C2NC(=O)/C(=C/C=C/c3ccccc3)S2)c(C)c1. The van der Waals surface area contributed by atoms with E-state index in [0.29, 0.717) is 10.1 Å². The molecule has 24 heavy (non-hydrogen) atoms. The molecular weight excluding hydrogens is 316 g/mol. The Bertz CT molecular complexity index is 851. The summed E-state index contributed by atoms with van der Waals surface area (Å²) in [6, 6.07) is 16.1. The Hall–Kier alpha value is -2.59. The minimum absolute atomic E-state index is 0.110. The number of carbonyl (C=O) groups is 1. The Balaban J connectivity index is 1.74. The van der Waals surface area contributed by atoms with Gasteiger partial charge in [-0.05, 0) is 48.9 Å². The topological polar surface area (TPSA) is 41.5 Å². The number of nitrogens with zero attached hydrogens (tertiary/aromatic N) is 1. The van der Waals surface area contributed by atoms with Crippen LogP contribution in [0.2, 0.25) is 0 Å². The van der Waals surface area contributed by atoms with Gasteiger partial charge in [0.1, 0.15) is 0 Å². The van der Waals surface area contributed by atoms with Gasteiger partial charge in [-0.1, -0.05) is 60.2 Å². The number of hydrogen-bond acceptors (Lipinski definition) is 3. The first-order valence-corrected chi connectivity index (χ1v) is 8.52. The first-order chi connectivity index (χ1) is 11.6. The Morgan fingerprint density at radius 1 is 1.08 bits per heavy atom. The molecule has 0 bridgehead atoms. The maximum absolute atomic E-state index is 12.0. The fourth-order valence-corrected chi connectivity index (χ4v) is 3.13. The van der Waals surface area contributed by atoms with E-state index in [1.807, 2.05) is 67.6 Å². The van der Waals surface area contributed by atoms with E-state index in [0.717, 1.165) is 16.8 Å². The highest BCUT2D eigenvalue weighted by molar-refractivity contribution is 8.18. The summed E-state index contributed by atoms with van der Waals surface area (Å²) in [5, 5.41) is 3.43. The average molecular weight is 334 g/mol. The highest BCUT2D eigenvalue weighted by Gasteiger charge is 2.23. The molecule has 0 spiro atoms. The van der Waals surface area contributed by atoms with Crippen LogP contribution >= 0.6 is 11.8 Å². The largest absolute Gasteiger partial charge is 0.300 e. The Kier molecular flexibility index (Phi) is 4.96. The molecular formula is C20H18N2OS. The van der Waals surface area contributed by atoms with Gasteiger partial charge in [-0.2, -0.15) is 0 Å². The molecule has 3 rings (SSSR count). The molecule has 1 N–H and O–H groups in total. The molecule has 4 heteroatoms. The first kappa shape index (κ1) is 16.3. The van der Waals surface area contributed by atoms with Crippen molar-refractivity contribution < 1.29 is 4.79 Å². The molecule has 0 atom stereocenters. The quantitative estimate of drug-likeness (QED) is 0.823. The summed E-state index contributed by atoms with van der Waals surface area (Å²) in [5.74, 6) is -0.110. The zero-order valence-corrected chi connectivity index (χ0v) is 14.4. The van der Waals surface area contributed by atoms with Crippen LogP contribution in [0, 0.1) is 13.8 Å². The zero-order valence-electron chi connectivity index (χ0n) is 13.6. The maximum Gasteiger partial charge on any atom is 0.264 e. The van der Waals surface area contributed by atoms with Crippen LogP contribution in [0.15, 0.2) is 70.6 Å². The third-order valence-corrected chi connectivity index (χ3v) is 4.49. The van der Waals surface area contributed by atoms with E-state index in [1.165, 1.54) is 17.3 Å². The molecule has 1 saturated heterocycles. The van der Waals surface area contributed by atoms with Gasteiger partial charge in [0.25, 0.3) is 5.91 Å². The van der Waals surface area contributed by atoms with Gasteiger partial charge in [-0.15, -0.1) is 0 Å². The molecule has 1 fully saturated rings. The van der Waals surface area contributed by atoms with Crippen molar-refractivity contribution in [2.75, 3.05) is 0 Å². The lowest BCUT2D eigenvalue weighted by Crippen LogP contribution is -2.19. The number of amides is 1. The number of hydrogen-bond donors (Lipinski definition) is 1. The zero-order chi connectivity index (χ0) is 16.9. The summed E-state index contributed by atoms with van der Waals surface area (Å²) in [6.45, 7) is 4.07. The number of benzene rings is 2. The molecule has 120 valence electrons. The highest BCUT2D eigenvalue weighted by atomic mass is 32.2. The molecule has 0 aliphatic carbocycles. The van der Waals surface area contributed by atoms with Gasteiger partial charge >= 0.3 is 0 Å². The second-order valence-corrected chi connectivity index (χ2v) is 6.59. The van der Waals surface area contributed by atoms with Gasteiger partial charge in [0.05, 0.1) is 10.6 Å². The van der Waals surface area contributed by atoms with Gasteiger partial charge in [0.2, 0.25) is 0 Å². The first-order valence-electron chi connectivity index (χ1n) is 7.70. The third-order valence-electron chi connectivity index (χ3n) is 3.56. The van der Waals surface area contributed by atoms with Crippen LogP contribution in [0.3, 0.4) is 0 Å². The Morgan fingerprint density at radius 2 is 1.88 bits per heavy atom. The number of rotatable bonds is 3. The molecule has 2 aromatic rings. The molecule has 1 aliphatic rings. The van der Waals surface area contributed by atoms with Crippen LogP contribution in [-0.2, 0) is 4.79 Å². The summed E-state index contributed by atoms with van der Waals surface area (Å²) in [6.07, 6.45) is 5.68. The number of carbonyl (C=O) groups excluding carboxylic acids is 1. The van der Waals surface area contributed by atoms with Gasteiger partial charge in [-0.3, -0.25) is 4.79 Å². The van der Waals surface area contributed by atoms with Crippen LogP contribution in [-0.4, -0.2) is 11.1 Å². The summed E-state index contributed by atoms with van der Waals surface area (Å²) < 4.78 is 0. The minimum Gasteiger partial charge on any atom is -0.300 e. The number of allylic oxidation sites excluding steroid dienone is 2. The smallest absolute Gasteiger partial charge is 0.264 e. The molecule has 1 amide bonds. The van der Waals surface area contributed by atoms with Crippen LogP contribution < -0.4 is 5.32 Å². The van der Waals surface area contributed by atoms with E-state index >= 15 is 0 Å². The van der Waals surface area contributed by atoms with Crippen molar-refractivity contribution >= 4 is 34.6 Å². The van der Waals surface area contributed by atoms with E-state index in [2.05, 4.69) is 23.3 Å². The van der Waals surface area contributed by atoms with E-state index in [4.69, 9.17) is 0 Å². The van der Waals surface area contributed by atoms with E-state index < -0.39 is 0 Å². The summed E-state index contributed by atoms with van der Waals surface area (Å²) in [4.78, 5) is 17.2. The number of nitrogens with one attached hydrogen (secondary N) is 1. The van der Waals surface area contributed by atoms with Crippen molar-refractivity contribution in [2.24, 2.45) is 4.99 Å². The van der Waals surface area contributed by atoms with Gasteiger partial charge < -0.3 is 5.32 Å². The van der Waals surface area contributed by atoms with Crippen LogP contribution in [0.1, 0.15) is 16.7 Å². The summed E-state index contributed by atoms with van der Waals surface area (Å²) >= 11 is 1.36. The monoisotopic (exact) mass is 334 g/mol. The van der Waals surface area contributed by atoms with Gasteiger partial charge in [-0.25, -0.2) is 4.99 Å². The summed E-state index contributed by atoms with van der Waals surface area (Å²) in [7, 11) is 0. The highest BCUT2D eigenvalue weighted by Crippen LogP contribution is 2.28. The number of thioether (sulfide) groups is 1. The number of aliphatic imine (C=N–C) groups is 1. The summed E-state index contributed by atoms with van der Waals surface area (Å²) in [5.41, 5.74) is 4.27.